The maximum atomic E-state index is 12.4. The van der Waals surface area contributed by atoms with Crippen LogP contribution < -0.4 is 10.1 Å². The zero-order chi connectivity index (χ0) is 18.4. The van der Waals surface area contributed by atoms with Crippen molar-refractivity contribution in [3.8, 4) is 5.75 Å². The smallest absolute Gasteiger partial charge is 0.340 e. The second-order valence-corrected chi connectivity index (χ2v) is 5.76. The molecule has 0 fully saturated rings. The van der Waals surface area contributed by atoms with E-state index in [2.05, 4.69) is 5.32 Å². The van der Waals surface area contributed by atoms with Crippen LogP contribution in [0.15, 0.2) is 42.5 Å². The third kappa shape index (κ3) is 4.83. The molecule has 0 aliphatic rings. The molecule has 25 heavy (non-hydrogen) atoms. The lowest BCUT2D eigenvalue weighted by atomic mass is 10.1. The summed E-state index contributed by atoms with van der Waals surface area (Å²) in [5.41, 5.74) is 2.98. The van der Waals surface area contributed by atoms with Crippen LogP contribution in [0.2, 0.25) is 0 Å². The third-order valence-electron chi connectivity index (χ3n) is 3.84. The van der Waals surface area contributed by atoms with Crippen molar-refractivity contribution < 1.29 is 19.1 Å². The van der Waals surface area contributed by atoms with E-state index < -0.39 is 12.1 Å². The predicted octanol–water partition coefficient (Wildman–Crippen LogP) is 3.89. The molecule has 0 aromatic heterocycles. The number of nitrogens with one attached hydrogen (secondary N) is 1. The fraction of sp³-hybridized carbons (Fsp3) is 0.300. The van der Waals surface area contributed by atoms with E-state index in [1.807, 2.05) is 32.0 Å². The molecule has 0 radical (unpaired) electrons. The van der Waals surface area contributed by atoms with Crippen molar-refractivity contribution in [2.24, 2.45) is 0 Å². The molecular weight excluding hydrogens is 318 g/mol. The Morgan fingerprint density at radius 3 is 2.48 bits per heavy atom. The summed E-state index contributed by atoms with van der Waals surface area (Å²) in [6.07, 6.45) is -0.711. The Kier molecular flexibility index (Phi) is 6.17. The van der Waals surface area contributed by atoms with Crippen LogP contribution in [0.5, 0.6) is 5.75 Å². The summed E-state index contributed by atoms with van der Waals surface area (Å²) in [7, 11) is 0. The molecule has 0 aliphatic heterocycles. The lowest BCUT2D eigenvalue weighted by Gasteiger charge is -2.16. The van der Waals surface area contributed by atoms with Crippen LogP contribution in [0.1, 0.15) is 35.3 Å². The molecule has 5 heteroatoms. The minimum absolute atomic E-state index is 0.271. The van der Waals surface area contributed by atoms with Crippen LogP contribution in [0.3, 0.4) is 0 Å². The van der Waals surface area contributed by atoms with E-state index in [1.54, 1.807) is 38.1 Å². The predicted molar refractivity (Wildman–Crippen MR) is 97.0 cm³/mol. The van der Waals surface area contributed by atoms with Gasteiger partial charge in [-0.25, -0.2) is 4.79 Å². The van der Waals surface area contributed by atoms with Crippen LogP contribution in [-0.2, 0) is 9.53 Å². The SMILES string of the molecule is CCOC(=O)c1ccccc1NC(=O)C(C)Oc1ccc(C)c(C)c1. The molecule has 0 bridgehead atoms. The number of carbonyl (C=O) groups excluding carboxylic acids is 2. The normalized spacial score (nSPS) is 11.5. The molecule has 132 valence electrons. The van der Waals surface area contributed by atoms with Gasteiger partial charge in [0.15, 0.2) is 6.10 Å². The first-order valence-corrected chi connectivity index (χ1v) is 8.23. The van der Waals surface area contributed by atoms with Crippen molar-refractivity contribution in [2.75, 3.05) is 11.9 Å². The third-order valence-corrected chi connectivity index (χ3v) is 3.84. The first-order chi connectivity index (χ1) is 11.9. The molecule has 0 heterocycles. The van der Waals surface area contributed by atoms with Gasteiger partial charge >= 0.3 is 5.97 Å². The summed E-state index contributed by atoms with van der Waals surface area (Å²) < 4.78 is 10.7. The van der Waals surface area contributed by atoms with Gasteiger partial charge in [-0.15, -0.1) is 0 Å². The van der Waals surface area contributed by atoms with Crippen LogP contribution >= 0.6 is 0 Å². The Bertz CT molecular complexity index is 770. The molecule has 2 aromatic rings. The molecule has 1 amide bonds. The Balaban J connectivity index is 2.08. The molecule has 2 rings (SSSR count). The summed E-state index contributed by atoms with van der Waals surface area (Å²) in [6.45, 7) is 7.67. The first kappa shape index (κ1) is 18.5. The van der Waals surface area contributed by atoms with Gasteiger partial charge in [0, 0.05) is 0 Å². The number of benzene rings is 2. The van der Waals surface area contributed by atoms with E-state index in [1.165, 1.54) is 0 Å². The van der Waals surface area contributed by atoms with Crippen LogP contribution in [0.4, 0.5) is 5.69 Å². The standard InChI is InChI=1S/C20H23NO4/c1-5-24-20(23)17-8-6-7-9-18(17)21-19(22)15(4)25-16-11-10-13(2)14(3)12-16/h6-12,15H,5H2,1-4H3,(H,21,22). The second kappa shape index (κ2) is 8.33. The fourth-order valence-corrected chi connectivity index (χ4v) is 2.26. The summed E-state index contributed by atoms with van der Waals surface area (Å²) >= 11 is 0. The highest BCUT2D eigenvalue weighted by Crippen LogP contribution is 2.20. The number of para-hydroxylation sites is 1. The zero-order valence-corrected chi connectivity index (χ0v) is 15.0. The number of hydrogen-bond acceptors (Lipinski definition) is 4. The molecule has 0 spiro atoms. The van der Waals surface area contributed by atoms with Gasteiger partial charge in [-0.05, 0) is 63.1 Å². The Hall–Kier alpha value is -2.82. The maximum Gasteiger partial charge on any atom is 0.340 e. The van der Waals surface area contributed by atoms with E-state index in [0.717, 1.165) is 11.1 Å². The van der Waals surface area contributed by atoms with Gasteiger partial charge in [0.25, 0.3) is 5.91 Å². The number of aryl methyl sites for hydroxylation is 2. The first-order valence-electron chi connectivity index (χ1n) is 8.23. The summed E-state index contributed by atoms with van der Waals surface area (Å²) in [5, 5.41) is 2.73. The van der Waals surface area contributed by atoms with Crippen molar-refractivity contribution in [2.45, 2.75) is 33.8 Å². The highest BCUT2D eigenvalue weighted by molar-refractivity contribution is 6.02. The van der Waals surface area contributed by atoms with Gasteiger partial charge in [0.1, 0.15) is 5.75 Å². The molecule has 1 atom stereocenters. The molecule has 5 nitrogen and oxygen atoms in total. The number of rotatable bonds is 6. The van der Waals surface area contributed by atoms with Crippen molar-refractivity contribution >= 4 is 17.6 Å². The molecule has 1 unspecified atom stereocenters. The van der Waals surface area contributed by atoms with Crippen molar-refractivity contribution in [1.29, 1.82) is 0 Å². The highest BCUT2D eigenvalue weighted by Gasteiger charge is 2.19. The number of anilines is 1. The van der Waals surface area contributed by atoms with Crippen molar-refractivity contribution in [1.82, 2.24) is 0 Å². The van der Waals surface area contributed by atoms with E-state index in [0.29, 0.717) is 17.0 Å². The highest BCUT2D eigenvalue weighted by atomic mass is 16.5. The molecule has 0 saturated heterocycles. The zero-order valence-electron chi connectivity index (χ0n) is 15.0. The van der Waals surface area contributed by atoms with Crippen molar-refractivity contribution in [3.63, 3.8) is 0 Å². The summed E-state index contributed by atoms with van der Waals surface area (Å²) in [4.78, 5) is 24.4. The minimum atomic E-state index is -0.711. The lowest BCUT2D eigenvalue weighted by molar-refractivity contribution is -0.122. The summed E-state index contributed by atoms with van der Waals surface area (Å²) in [5.74, 6) is -0.180. The Morgan fingerprint density at radius 2 is 1.80 bits per heavy atom. The monoisotopic (exact) mass is 341 g/mol. The van der Waals surface area contributed by atoms with Crippen molar-refractivity contribution in [3.05, 3.63) is 59.2 Å². The van der Waals surface area contributed by atoms with Gasteiger partial charge in [-0.1, -0.05) is 18.2 Å². The minimum Gasteiger partial charge on any atom is -0.481 e. The van der Waals surface area contributed by atoms with Crippen LogP contribution in [-0.4, -0.2) is 24.6 Å². The van der Waals surface area contributed by atoms with E-state index in [-0.39, 0.29) is 12.5 Å². The molecule has 2 aromatic carbocycles. The topological polar surface area (TPSA) is 64.6 Å². The van der Waals surface area contributed by atoms with Gasteiger partial charge in [0.2, 0.25) is 0 Å². The van der Waals surface area contributed by atoms with E-state index in [9.17, 15) is 9.59 Å². The molecule has 1 N–H and O–H groups in total. The van der Waals surface area contributed by atoms with E-state index >= 15 is 0 Å². The number of amides is 1. The van der Waals surface area contributed by atoms with Crippen LogP contribution in [0.25, 0.3) is 0 Å². The second-order valence-electron chi connectivity index (χ2n) is 5.76. The molecule has 0 aliphatic carbocycles. The average Bonchev–Trinajstić information content (AvgIpc) is 2.58. The Labute approximate surface area is 148 Å². The summed E-state index contributed by atoms with van der Waals surface area (Å²) in [6, 6.07) is 12.4. The maximum absolute atomic E-state index is 12.4. The van der Waals surface area contributed by atoms with Gasteiger partial charge in [0.05, 0.1) is 17.9 Å². The van der Waals surface area contributed by atoms with Crippen LogP contribution in [0, 0.1) is 13.8 Å². The number of carbonyl (C=O) groups is 2. The quantitative estimate of drug-likeness (QED) is 0.810. The van der Waals surface area contributed by atoms with Gasteiger partial charge in [-0.2, -0.15) is 0 Å². The lowest BCUT2D eigenvalue weighted by Crippen LogP contribution is -2.30. The Morgan fingerprint density at radius 1 is 1.08 bits per heavy atom. The molecular formula is C20H23NO4. The number of hydrogen-bond donors (Lipinski definition) is 1. The van der Waals surface area contributed by atoms with E-state index in [4.69, 9.17) is 9.47 Å². The fourth-order valence-electron chi connectivity index (χ4n) is 2.26. The molecule has 0 saturated carbocycles. The average molecular weight is 341 g/mol. The van der Waals surface area contributed by atoms with Gasteiger partial charge in [-0.3, -0.25) is 4.79 Å². The number of ether oxygens (including phenoxy) is 2. The largest absolute Gasteiger partial charge is 0.481 e. The van der Waals surface area contributed by atoms with Gasteiger partial charge < -0.3 is 14.8 Å². The number of esters is 1.